The molecule has 0 saturated carbocycles. The van der Waals surface area contributed by atoms with Crippen molar-refractivity contribution >= 4 is 27.4 Å². The fraction of sp³-hybridized carbons (Fsp3) is 0.308. The number of allylic oxidation sites excluding steroid dienone is 1. The zero-order chi connectivity index (χ0) is 13.7. The molecule has 0 atom stereocenters. The van der Waals surface area contributed by atoms with Crippen LogP contribution in [0, 0.1) is 20.9 Å². The molecule has 1 aromatic rings. The predicted octanol–water partition coefficient (Wildman–Crippen LogP) is 2.87. The van der Waals surface area contributed by atoms with Crippen LogP contribution in [0.15, 0.2) is 30.0 Å². The van der Waals surface area contributed by atoms with E-state index in [-0.39, 0.29) is 10.6 Å². The van der Waals surface area contributed by atoms with Gasteiger partial charge in [-0.2, -0.15) is 0 Å². The first-order valence-electron chi connectivity index (χ1n) is 5.86. The summed E-state index contributed by atoms with van der Waals surface area (Å²) in [5.41, 5.74) is 1.33. The first kappa shape index (κ1) is 13.6. The third-order valence-corrected chi connectivity index (χ3v) is 3.23. The fourth-order valence-electron chi connectivity index (χ4n) is 2.05. The lowest BCUT2D eigenvalue weighted by atomic mass is 10.0. The lowest BCUT2D eigenvalue weighted by Gasteiger charge is -2.28. The molecule has 1 aliphatic rings. The summed E-state index contributed by atoms with van der Waals surface area (Å²) in [7, 11) is 0. The minimum absolute atomic E-state index is 0.0650. The number of nitrogens with zero attached hydrogens (tertiary/aromatic N) is 3. The van der Waals surface area contributed by atoms with Crippen LogP contribution in [0.3, 0.4) is 0 Å². The summed E-state index contributed by atoms with van der Waals surface area (Å²) >= 11 is 3.05. The van der Waals surface area contributed by atoms with E-state index in [9.17, 15) is 10.1 Å². The van der Waals surface area contributed by atoms with Gasteiger partial charge < -0.3 is 4.90 Å². The van der Waals surface area contributed by atoms with Crippen LogP contribution < -0.4 is 4.90 Å². The van der Waals surface area contributed by atoms with E-state index in [4.69, 9.17) is 0 Å². The molecule has 1 aliphatic heterocycles. The van der Waals surface area contributed by atoms with Gasteiger partial charge in [0.2, 0.25) is 5.82 Å². The largest absolute Gasteiger partial charge is 0.350 e. The number of hydrogen-bond acceptors (Lipinski definition) is 4. The molecule has 0 bridgehead atoms. The van der Waals surface area contributed by atoms with Crippen molar-refractivity contribution in [3.63, 3.8) is 0 Å². The van der Waals surface area contributed by atoms with Crippen molar-refractivity contribution in [2.45, 2.75) is 12.8 Å². The number of pyridine rings is 1. The molecular formula is C13H12BrN3O2. The van der Waals surface area contributed by atoms with Gasteiger partial charge in [-0.1, -0.05) is 11.5 Å². The third kappa shape index (κ3) is 3.32. The Morgan fingerprint density at radius 1 is 1.47 bits per heavy atom. The lowest BCUT2D eigenvalue weighted by molar-refractivity contribution is -0.384. The van der Waals surface area contributed by atoms with Crippen molar-refractivity contribution in [1.29, 1.82) is 0 Å². The van der Waals surface area contributed by atoms with Gasteiger partial charge in [-0.3, -0.25) is 10.1 Å². The maximum absolute atomic E-state index is 11.0. The van der Waals surface area contributed by atoms with Gasteiger partial charge in [-0.15, -0.1) is 0 Å². The Kier molecular flexibility index (Phi) is 4.53. The molecule has 0 spiro atoms. The second kappa shape index (κ2) is 6.34. The molecule has 0 unspecified atom stereocenters. The van der Waals surface area contributed by atoms with Crippen molar-refractivity contribution in [3.8, 4) is 10.8 Å². The summed E-state index contributed by atoms with van der Waals surface area (Å²) in [6, 6.07) is 3.08. The summed E-state index contributed by atoms with van der Waals surface area (Å²) in [5, 5.41) is 11.0. The second-order valence-electron chi connectivity index (χ2n) is 4.13. The van der Waals surface area contributed by atoms with E-state index in [0.717, 1.165) is 25.9 Å². The number of rotatable bonds is 2. The van der Waals surface area contributed by atoms with Crippen molar-refractivity contribution in [1.82, 2.24) is 4.98 Å². The minimum Gasteiger partial charge on any atom is -0.350 e. The monoisotopic (exact) mass is 321 g/mol. The number of hydrogen-bond donors (Lipinski definition) is 0. The topological polar surface area (TPSA) is 59.3 Å². The van der Waals surface area contributed by atoms with E-state index >= 15 is 0 Å². The Morgan fingerprint density at radius 2 is 2.21 bits per heavy atom. The Balaban J connectivity index is 2.13. The van der Waals surface area contributed by atoms with E-state index in [0.29, 0.717) is 5.82 Å². The quantitative estimate of drug-likeness (QED) is 0.477. The van der Waals surface area contributed by atoms with Crippen molar-refractivity contribution < 1.29 is 4.92 Å². The molecule has 0 radical (unpaired) electrons. The number of aromatic nitrogens is 1. The molecule has 0 aliphatic carbocycles. The average Bonchev–Trinajstić information content (AvgIpc) is 2.45. The summed E-state index contributed by atoms with van der Waals surface area (Å²) < 4.78 is 0. The molecule has 0 aromatic carbocycles. The van der Waals surface area contributed by atoms with Gasteiger partial charge >= 0.3 is 5.69 Å². The molecule has 19 heavy (non-hydrogen) atoms. The van der Waals surface area contributed by atoms with Crippen LogP contribution in [-0.2, 0) is 0 Å². The number of piperidine rings is 1. The molecule has 0 N–H and O–H groups in total. The average molecular weight is 322 g/mol. The summed E-state index contributed by atoms with van der Waals surface area (Å²) in [5.74, 6) is 3.32. The molecular weight excluding hydrogens is 310 g/mol. The normalized spacial score (nSPS) is 14.6. The first-order valence-corrected chi connectivity index (χ1v) is 6.65. The summed E-state index contributed by atoms with van der Waals surface area (Å²) in [6.45, 7) is 1.46. The number of halogens is 1. The van der Waals surface area contributed by atoms with Gasteiger partial charge in [0, 0.05) is 41.3 Å². The molecule has 98 valence electrons. The molecule has 1 saturated heterocycles. The van der Waals surface area contributed by atoms with Crippen LogP contribution in [0.5, 0.6) is 0 Å². The fourth-order valence-corrected chi connectivity index (χ4v) is 2.17. The van der Waals surface area contributed by atoms with E-state index < -0.39 is 0 Å². The smallest absolute Gasteiger partial charge is 0.311 e. The van der Waals surface area contributed by atoms with E-state index in [1.807, 2.05) is 11.0 Å². The zero-order valence-corrected chi connectivity index (χ0v) is 11.8. The van der Waals surface area contributed by atoms with Gasteiger partial charge in [0.05, 0.1) is 4.92 Å². The molecule has 2 rings (SSSR count). The van der Waals surface area contributed by atoms with Crippen LogP contribution >= 0.6 is 15.9 Å². The SMILES string of the molecule is O=[N+]([O-])c1cccnc1N1CCC(=CC#CBr)CC1. The highest BCUT2D eigenvalue weighted by Crippen LogP contribution is 2.28. The van der Waals surface area contributed by atoms with E-state index in [1.54, 1.807) is 12.3 Å². The Bertz CT molecular complexity index is 565. The van der Waals surface area contributed by atoms with Crippen LogP contribution in [0.1, 0.15) is 12.8 Å². The molecule has 5 nitrogen and oxygen atoms in total. The van der Waals surface area contributed by atoms with Crippen molar-refractivity contribution in [2.75, 3.05) is 18.0 Å². The number of nitro groups is 1. The van der Waals surface area contributed by atoms with Gasteiger partial charge in [0.1, 0.15) is 0 Å². The molecule has 0 amide bonds. The van der Waals surface area contributed by atoms with Crippen molar-refractivity contribution in [3.05, 3.63) is 40.1 Å². The van der Waals surface area contributed by atoms with Gasteiger partial charge in [-0.05, 0) is 29.8 Å². The highest BCUT2D eigenvalue weighted by molar-refractivity contribution is 9.12. The summed E-state index contributed by atoms with van der Waals surface area (Å²) in [4.78, 5) is 19.3. The van der Waals surface area contributed by atoms with Crippen LogP contribution in [-0.4, -0.2) is 23.0 Å². The minimum atomic E-state index is -0.385. The van der Waals surface area contributed by atoms with E-state index in [2.05, 4.69) is 31.7 Å². The zero-order valence-electron chi connectivity index (χ0n) is 10.2. The number of anilines is 1. The highest BCUT2D eigenvalue weighted by atomic mass is 79.9. The molecule has 6 heteroatoms. The Morgan fingerprint density at radius 3 is 2.84 bits per heavy atom. The van der Waals surface area contributed by atoms with Crippen molar-refractivity contribution in [2.24, 2.45) is 0 Å². The van der Waals surface area contributed by atoms with Gasteiger partial charge in [0.25, 0.3) is 0 Å². The standard InChI is InChI=1S/C13H12BrN3O2/c14-7-1-3-11-5-9-16(10-6-11)13-12(17(18)19)4-2-8-15-13/h2-4,8H,5-6,9-10H2. The summed E-state index contributed by atoms with van der Waals surface area (Å²) in [6.07, 6.45) is 5.20. The first-order chi connectivity index (χ1) is 9.22. The van der Waals surface area contributed by atoms with Gasteiger partial charge in [-0.25, -0.2) is 4.98 Å². The highest BCUT2D eigenvalue weighted by Gasteiger charge is 2.23. The third-order valence-electron chi connectivity index (χ3n) is 3.00. The predicted molar refractivity (Wildman–Crippen MR) is 77.1 cm³/mol. The van der Waals surface area contributed by atoms with Crippen LogP contribution in [0.25, 0.3) is 0 Å². The lowest BCUT2D eigenvalue weighted by Crippen LogP contribution is -2.31. The molecule has 2 heterocycles. The van der Waals surface area contributed by atoms with Crippen LogP contribution in [0.2, 0.25) is 0 Å². The second-order valence-corrected chi connectivity index (χ2v) is 4.53. The maximum Gasteiger partial charge on any atom is 0.311 e. The maximum atomic E-state index is 11.0. The Hall–Kier alpha value is -1.87. The Labute approximate surface area is 119 Å². The van der Waals surface area contributed by atoms with Gasteiger partial charge in [0.15, 0.2) is 0 Å². The molecule has 1 aromatic heterocycles. The van der Waals surface area contributed by atoms with E-state index in [1.165, 1.54) is 11.6 Å². The molecule has 1 fully saturated rings. The van der Waals surface area contributed by atoms with Crippen LogP contribution in [0.4, 0.5) is 11.5 Å².